The predicted octanol–water partition coefficient (Wildman–Crippen LogP) is 3.04. The summed E-state index contributed by atoms with van der Waals surface area (Å²) in [6, 6.07) is 0. The number of guanidine groups is 1. The van der Waals surface area contributed by atoms with Gasteiger partial charge < -0.3 is 20.1 Å². The monoisotopic (exact) mass is 429 g/mol. The van der Waals surface area contributed by atoms with Crippen molar-refractivity contribution in [3.63, 3.8) is 0 Å². The number of rotatable bonds is 13. The third-order valence-electron chi connectivity index (χ3n) is 3.00. The van der Waals surface area contributed by atoms with Crippen molar-refractivity contribution in [1.29, 1.82) is 0 Å². The Kier molecular flexibility index (Phi) is 20.8. The lowest BCUT2D eigenvalue weighted by Crippen LogP contribution is -2.39. The number of nitrogens with one attached hydrogen (secondary N) is 2. The third kappa shape index (κ3) is 18.0. The molecule has 0 spiro atoms. The van der Waals surface area contributed by atoms with E-state index in [0.29, 0.717) is 5.92 Å². The number of methoxy groups -OCH3 is 1. The van der Waals surface area contributed by atoms with Crippen LogP contribution in [0.5, 0.6) is 0 Å². The smallest absolute Gasteiger partial charge is 0.191 e. The molecule has 0 aliphatic heterocycles. The molecule has 0 rings (SSSR count). The molecule has 0 saturated heterocycles. The number of halogens is 1. The summed E-state index contributed by atoms with van der Waals surface area (Å²) in [6.07, 6.45) is 4.50. The molecule has 0 heterocycles. The summed E-state index contributed by atoms with van der Waals surface area (Å²) in [4.78, 5) is 4.56. The lowest BCUT2D eigenvalue weighted by molar-refractivity contribution is 0.128. The van der Waals surface area contributed by atoms with Gasteiger partial charge in [0.15, 0.2) is 5.96 Å². The van der Waals surface area contributed by atoms with Crippen molar-refractivity contribution < 1.29 is 9.47 Å². The molecule has 0 amide bonds. The van der Waals surface area contributed by atoms with Gasteiger partial charge >= 0.3 is 0 Å². The maximum absolute atomic E-state index is 5.58. The molecule has 0 aliphatic carbocycles. The molecule has 0 aliphatic rings. The highest BCUT2D eigenvalue weighted by Gasteiger charge is 1.97. The zero-order valence-corrected chi connectivity index (χ0v) is 17.2. The normalized spacial score (nSPS) is 11.4. The Morgan fingerprint density at radius 3 is 2.45 bits per heavy atom. The van der Waals surface area contributed by atoms with E-state index in [-0.39, 0.29) is 24.0 Å². The van der Waals surface area contributed by atoms with Gasteiger partial charge in [-0.25, -0.2) is 0 Å². The zero-order chi connectivity index (χ0) is 15.8. The molecule has 22 heavy (non-hydrogen) atoms. The highest BCUT2D eigenvalue weighted by atomic mass is 127. The number of ether oxygens (including phenoxy) is 2. The van der Waals surface area contributed by atoms with E-state index < -0.39 is 0 Å². The second-order valence-corrected chi connectivity index (χ2v) is 5.54. The lowest BCUT2D eigenvalue weighted by Gasteiger charge is -2.12. The first-order valence-corrected chi connectivity index (χ1v) is 8.29. The van der Waals surface area contributed by atoms with Crippen molar-refractivity contribution >= 4 is 29.9 Å². The summed E-state index contributed by atoms with van der Waals surface area (Å²) in [5, 5.41) is 6.55. The van der Waals surface area contributed by atoms with Crippen LogP contribution < -0.4 is 10.6 Å². The fourth-order valence-electron chi connectivity index (χ4n) is 1.73. The van der Waals surface area contributed by atoms with Crippen LogP contribution in [0.3, 0.4) is 0 Å². The van der Waals surface area contributed by atoms with E-state index in [4.69, 9.17) is 9.47 Å². The van der Waals surface area contributed by atoms with Gasteiger partial charge in [0, 0.05) is 40.0 Å². The quantitative estimate of drug-likeness (QED) is 0.205. The van der Waals surface area contributed by atoms with Crippen LogP contribution >= 0.6 is 24.0 Å². The Hall–Kier alpha value is -0.0800. The highest BCUT2D eigenvalue weighted by Crippen LogP contribution is 1.98. The van der Waals surface area contributed by atoms with Crippen molar-refractivity contribution in [1.82, 2.24) is 10.6 Å². The molecule has 2 N–H and O–H groups in total. The minimum Gasteiger partial charge on any atom is -0.385 e. The third-order valence-corrected chi connectivity index (χ3v) is 3.00. The zero-order valence-electron chi connectivity index (χ0n) is 14.8. The molecule has 6 heteroatoms. The highest BCUT2D eigenvalue weighted by molar-refractivity contribution is 14.0. The average Bonchev–Trinajstić information content (AvgIpc) is 2.45. The topological polar surface area (TPSA) is 54.9 Å². The standard InChI is InChI=1S/C16H35N3O2.HI/c1-5-17-16(18-10-7-6-8-12-20-4)19-11-14-21-13-9-15(2)3;/h15H,5-14H2,1-4H3,(H2,17,18,19);1H. The van der Waals surface area contributed by atoms with Gasteiger partial charge in [-0.2, -0.15) is 0 Å². The van der Waals surface area contributed by atoms with Gasteiger partial charge in [-0.1, -0.05) is 13.8 Å². The summed E-state index contributed by atoms with van der Waals surface area (Å²) < 4.78 is 10.6. The number of hydrogen-bond donors (Lipinski definition) is 2. The largest absolute Gasteiger partial charge is 0.385 e. The summed E-state index contributed by atoms with van der Waals surface area (Å²) in [5.74, 6) is 1.59. The summed E-state index contributed by atoms with van der Waals surface area (Å²) in [5.41, 5.74) is 0. The molecule has 0 radical (unpaired) electrons. The Morgan fingerprint density at radius 2 is 1.82 bits per heavy atom. The average molecular weight is 429 g/mol. The second kappa shape index (κ2) is 19.0. The lowest BCUT2D eigenvalue weighted by atomic mass is 10.1. The SMILES string of the molecule is CCNC(=NCCCCCOC)NCCOCCC(C)C.I. The minimum atomic E-state index is 0. The molecular weight excluding hydrogens is 393 g/mol. The van der Waals surface area contributed by atoms with E-state index in [1.807, 2.05) is 0 Å². The van der Waals surface area contributed by atoms with Crippen LogP contribution in [0.25, 0.3) is 0 Å². The van der Waals surface area contributed by atoms with Gasteiger partial charge in [-0.3, -0.25) is 4.99 Å². The van der Waals surface area contributed by atoms with Crippen molar-refractivity contribution in [2.75, 3.05) is 46.6 Å². The Morgan fingerprint density at radius 1 is 1.05 bits per heavy atom. The summed E-state index contributed by atoms with van der Waals surface area (Å²) >= 11 is 0. The second-order valence-electron chi connectivity index (χ2n) is 5.54. The molecule has 5 nitrogen and oxygen atoms in total. The first kappa shape index (κ1) is 24.2. The molecular formula is C16H36IN3O2. The first-order valence-electron chi connectivity index (χ1n) is 8.29. The van der Waals surface area contributed by atoms with E-state index in [0.717, 1.165) is 71.1 Å². The van der Waals surface area contributed by atoms with Crippen LogP contribution in [0.1, 0.15) is 46.5 Å². The van der Waals surface area contributed by atoms with Crippen LogP contribution in [0.4, 0.5) is 0 Å². The number of aliphatic imine (C=N–C) groups is 1. The van der Waals surface area contributed by atoms with Crippen molar-refractivity contribution in [2.45, 2.75) is 46.5 Å². The molecule has 0 fully saturated rings. The van der Waals surface area contributed by atoms with E-state index >= 15 is 0 Å². The van der Waals surface area contributed by atoms with Crippen LogP contribution in [-0.2, 0) is 9.47 Å². The van der Waals surface area contributed by atoms with Gasteiger partial charge in [0.1, 0.15) is 0 Å². The molecule has 0 aromatic carbocycles. The first-order chi connectivity index (χ1) is 10.2. The predicted molar refractivity (Wildman–Crippen MR) is 105 cm³/mol. The van der Waals surface area contributed by atoms with E-state index in [1.165, 1.54) is 0 Å². The van der Waals surface area contributed by atoms with Crippen LogP contribution in [0.2, 0.25) is 0 Å². The van der Waals surface area contributed by atoms with Gasteiger partial charge in [0.05, 0.1) is 6.61 Å². The molecule has 0 saturated carbocycles. The fourth-order valence-corrected chi connectivity index (χ4v) is 1.73. The maximum atomic E-state index is 5.58. The van der Waals surface area contributed by atoms with Crippen LogP contribution in [0.15, 0.2) is 4.99 Å². The molecule has 0 aromatic rings. The fraction of sp³-hybridized carbons (Fsp3) is 0.938. The number of unbranched alkanes of at least 4 members (excludes halogenated alkanes) is 2. The molecule has 0 aromatic heterocycles. The number of hydrogen-bond acceptors (Lipinski definition) is 3. The molecule has 0 unspecified atom stereocenters. The van der Waals surface area contributed by atoms with Crippen LogP contribution in [-0.4, -0.2) is 52.5 Å². The maximum Gasteiger partial charge on any atom is 0.191 e. The van der Waals surface area contributed by atoms with Crippen molar-refractivity contribution in [2.24, 2.45) is 10.9 Å². The van der Waals surface area contributed by atoms with Crippen LogP contribution in [0, 0.1) is 5.92 Å². The van der Waals surface area contributed by atoms with Crippen molar-refractivity contribution in [3.8, 4) is 0 Å². The minimum absolute atomic E-state index is 0. The molecule has 0 atom stereocenters. The van der Waals surface area contributed by atoms with Gasteiger partial charge in [-0.15, -0.1) is 24.0 Å². The van der Waals surface area contributed by atoms with Crippen molar-refractivity contribution in [3.05, 3.63) is 0 Å². The molecule has 134 valence electrons. The van der Waals surface area contributed by atoms with Gasteiger partial charge in [0.25, 0.3) is 0 Å². The Balaban J connectivity index is 0. The Labute approximate surface area is 154 Å². The van der Waals surface area contributed by atoms with Gasteiger partial charge in [-0.05, 0) is 38.5 Å². The summed E-state index contributed by atoms with van der Waals surface area (Å²) in [6.45, 7) is 11.4. The van der Waals surface area contributed by atoms with Gasteiger partial charge in [0.2, 0.25) is 0 Å². The van der Waals surface area contributed by atoms with E-state index in [2.05, 4.69) is 36.4 Å². The number of nitrogens with zero attached hydrogens (tertiary/aromatic N) is 1. The Bertz CT molecular complexity index is 252. The van der Waals surface area contributed by atoms with E-state index in [1.54, 1.807) is 7.11 Å². The summed E-state index contributed by atoms with van der Waals surface area (Å²) in [7, 11) is 1.74. The molecule has 0 bridgehead atoms. The van der Waals surface area contributed by atoms with E-state index in [9.17, 15) is 0 Å².